The summed E-state index contributed by atoms with van der Waals surface area (Å²) in [5.41, 5.74) is 1.50. The minimum absolute atomic E-state index is 0.0275. The van der Waals surface area contributed by atoms with Crippen molar-refractivity contribution < 1.29 is 24.2 Å². The Morgan fingerprint density at radius 1 is 1.27 bits per heavy atom. The minimum Gasteiger partial charge on any atom is -0.394 e. The Kier molecular flexibility index (Phi) is 6.26. The van der Waals surface area contributed by atoms with Gasteiger partial charge < -0.3 is 25.4 Å². The summed E-state index contributed by atoms with van der Waals surface area (Å²) in [6.07, 6.45) is 1.51. The van der Waals surface area contributed by atoms with Gasteiger partial charge in [-0.05, 0) is 43.7 Å². The van der Waals surface area contributed by atoms with Gasteiger partial charge in [0.05, 0.1) is 30.6 Å². The van der Waals surface area contributed by atoms with Crippen LogP contribution >= 0.6 is 0 Å². The van der Waals surface area contributed by atoms with Crippen molar-refractivity contribution in [3.05, 3.63) is 29.3 Å². The van der Waals surface area contributed by atoms with Crippen molar-refractivity contribution in [1.82, 2.24) is 10.2 Å². The third-order valence-electron chi connectivity index (χ3n) is 8.11. The molecule has 0 saturated carbocycles. The van der Waals surface area contributed by atoms with Crippen LogP contribution in [0.3, 0.4) is 0 Å². The second-order valence-electron chi connectivity index (χ2n) is 9.81. The van der Waals surface area contributed by atoms with Gasteiger partial charge in [-0.25, -0.2) is 0 Å². The van der Waals surface area contributed by atoms with Gasteiger partial charge in [-0.3, -0.25) is 14.4 Å². The molecule has 3 N–H and O–H groups in total. The molecule has 0 aromatic heterocycles. The second-order valence-corrected chi connectivity index (χ2v) is 9.81. The van der Waals surface area contributed by atoms with E-state index in [-0.39, 0.29) is 36.4 Å². The highest BCUT2D eigenvalue weighted by Crippen LogP contribution is 2.59. The molecule has 3 aliphatic rings. The summed E-state index contributed by atoms with van der Waals surface area (Å²) in [5, 5.41) is 16.0. The number of aliphatic hydroxyl groups is 1. The third-order valence-corrected chi connectivity index (χ3v) is 8.11. The molecule has 8 heteroatoms. The molecule has 180 valence electrons. The molecule has 3 amide bonds. The second kappa shape index (κ2) is 8.72. The van der Waals surface area contributed by atoms with Gasteiger partial charge in [0.15, 0.2) is 0 Å². The van der Waals surface area contributed by atoms with E-state index in [1.54, 1.807) is 11.9 Å². The zero-order valence-corrected chi connectivity index (χ0v) is 20.1. The molecule has 1 aromatic carbocycles. The van der Waals surface area contributed by atoms with Gasteiger partial charge in [-0.1, -0.05) is 38.5 Å². The number of hydrogen-bond donors (Lipinski definition) is 3. The SMILES string of the molecule is CC[C@H](C)[C@H](CO)N1C(=O)[C@@H]2[C@H](C(=O)NC)[C@@H]3CCC2(O3)C1C(=O)Nc1c(C)cccc1C. The number of rotatable bonds is 7. The lowest BCUT2D eigenvalue weighted by Crippen LogP contribution is -2.57. The van der Waals surface area contributed by atoms with E-state index in [1.807, 2.05) is 45.9 Å². The Balaban J connectivity index is 1.80. The number of ether oxygens (including phenoxy) is 1. The Bertz CT molecular complexity index is 945. The molecule has 33 heavy (non-hydrogen) atoms. The van der Waals surface area contributed by atoms with E-state index in [1.165, 1.54) is 0 Å². The molecule has 3 saturated heterocycles. The quantitative estimate of drug-likeness (QED) is 0.578. The summed E-state index contributed by atoms with van der Waals surface area (Å²) in [6.45, 7) is 7.56. The predicted molar refractivity (Wildman–Crippen MR) is 123 cm³/mol. The molecule has 0 aliphatic carbocycles. The van der Waals surface area contributed by atoms with Crippen LogP contribution in [0.1, 0.15) is 44.2 Å². The first-order valence-corrected chi connectivity index (χ1v) is 11.9. The fraction of sp³-hybridized carbons (Fsp3) is 0.640. The molecule has 3 fully saturated rings. The monoisotopic (exact) mass is 457 g/mol. The van der Waals surface area contributed by atoms with Gasteiger partial charge in [0, 0.05) is 12.7 Å². The Morgan fingerprint density at radius 3 is 2.52 bits per heavy atom. The average Bonchev–Trinajstić information content (AvgIpc) is 3.44. The summed E-state index contributed by atoms with van der Waals surface area (Å²) in [7, 11) is 1.55. The largest absolute Gasteiger partial charge is 0.394 e. The Hall–Kier alpha value is -2.45. The first-order chi connectivity index (χ1) is 15.7. The Labute approximate surface area is 195 Å². The fourth-order valence-electron chi connectivity index (χ4n) is 6.23. The standard InChI is InChI=1S/C25H35N3O5/c1-6-13(2)16(12-29)28-21(23(31)27-20-14(3)8-7-9-15(20)4)25-11-10-17(33-25)18(22(30)26-5)19(25)24(28)32/h7-9,13,16-19,21,29H,6,10-12H2,1-5H3,(H,26,30)(H,27,31)/t13-,16-,17-,18+,19-,21?,25?/m0/s1. The van der Waals surface area contributed by atoms with E-state index in [4.69, 9.17) is 4.74 Å². The topological polar surface area (TPSA) is 108 Å². The number of para-hydroxylation sites is 1. The molecule has 7 atom stereocenters. The van der Waals surface area contributed by atoms with Gasteiger partial charge in [0.2, 0.25) is 17.7 Å². The fourth-order valence-corrected chi connectivity index (χ4v) is 6.23. The van der Waals surface area contributed by atoms with Gasteiger partial charge in [0.25, 0.3) is 0 Å². The number of likely N-dealkylation sites (tertiary alicyclic amines) is 1. The van der Waals surface area contributed by atoms with Crippen molar-refractivity contribution in [2.45, 2.75) is 70.7 Å². The number of benzene rings is 1. The molecule has 2 unspecified atom stereocenters. The lowest BCUT2D eigenvalue weighted by molar-refractivity contribution is -0.145. The van der Waals surface area contributed by atoms with Gasteiger partial charge >= 0.3 is 0 Å². The average molecular weight is 458 g/mol. The first-order valence-electron chi connectivity index (χ1n) is 11.9. The van der Waals surface area contributed by atoms with Gasteiger partial charge in [-0.2, -0.15) is 0 Å². The molecule has 0 radical (unpaired) electrons. The van der Waals surface area contributed by atoms with Crippen molar-refractivity contribution in [3.8, 4) is 0 Å². The highest BCUT2D eigenvalue weighted by atomic mass is 16.5. The number of nitrogens with one attached hydrogen (secondary N) is 2. The first kappa shape index (κ1) is 23.7. The van der Waals surface area contributed by atoms with E-state index in [0.29, 0.717) is 18.5 Å². The summed E-state index contributed by atoms with van der Waals surface area (Å²) < 4.78 is 6.39. The van der Waals surface area contributed by atoms with E-state index in [9.17, 15) is 19.5 Å². The van der Waals surface area contributed by atoms with Crippen molar-refractivity contribution in [1.29, 1.82) is 0 Å². The lowest BCUT2D eigenvalue weighted by Gasteiger charge is -2.39. The van der Waals surface area contributed by atoms with Crippen LogP contribution in [0.15, 0.2) is 18.2 Å². The van der Waals surface area contributed by atoms with Crippen molar-refractivity contribution in [2.75, 3.05) is 19.0 Å². The highest BCUT2D eigenvalue weighted by molar-refractivity contribution is 6.04. The van der Waals surface area contributed by atoms with Crippen LogP contribution in [0.25, 0.3) is 0 Å². The van der Waals surface area contributed by atoms with Gasteiger partial charge in [-0.15, -0.1) is 0 Å². The number of anilines is 1. The molecule has 1 spiro atoms. The molecule has 8 nitrogen and oxygen atoms in total. The molecule has 2 bridgehead atoms. The number of carbonyl (C=O) groups is 3. The van der Waals surface area contributed by atoms with Crippen molar-refractivity contribution >= 4 is 23.4 Å². The number of carbonyl (C=O) groups excluding carboxylic acids is 3. The number of aryl methyl sites for hydroxylation is 2. The highest BCUT2D eigenvalue weighted by Gasteiger charge is 2.75. The van der Waals surface area contributed by atoms with Crippen LogP contribution in [0.5, 0.6) is 0 Å². The van der Waals surface area contributed by atoms with Gasteiger partial charge in [0.1, 0.15) is 11.6 Å². The number of hydrogen-bond acceptors (Lipinski definition) is 5. The third kappa shape index (κ3) is 3.46. The maximum Gasteiger partial charge on any atom is 0.250 e. The van der Waals surface area contributed by atoms with Crippen LogP contribution < -0.4 is 10.6 Å². The number of aliphatic hydroxyl groups excluding tert-OH is 1. The summed E-state index contributed by atoms with van der Waals surface area (Å²) >= 11 is 0. The summed E-state index contributed by atoms with van der Waals surface area (Å²) in [6, 6.07) is 4.33. The molecule has 1 aromatic rings. The van der Waals surface area contributed by atoms with Crippen molar-refractivity contribution in [3.63, 3.8) is 0 Å². The molecule has 3 aliphatic heterocycles. The van der Waals surface area contributed by atoms with Crippen molar-refractivity contribution in [2.24, 2.45) is 17.8 Å². The van der Waals surface area contributed by atoms with Crippen LogP contribution in [0.2, 0.25) is 0 Å². The minimum atomic E-state index is -1.07. The van der Waals surface area contributed by atoms with E-state index >= 15 is 0 Å². The zero-order valence-electron chi connectivity index (χ0n) is 20.1. The van der Waals surface area contributed by atoms with Crippen LogP contribution in [0.4, 0.5) is 5.69 Å². The maximum absolute atomic E-state index is 13.9. The maximum atomic E-state index is 13.9. The van der Waals surface area contributed by atoms with Crippen LogP contribution in [-0.4, -0.2) is 65.2 Å². The zero-order chi connectivity index (χ0) is 24.1. The smallest absolute Gasteiger partial charge is 0.250 e. The predicted octanol–water partition coefficient (Wildman–Crippen LogP) is 1.77. The van der Waals surface area contributed by atoms with E-state index in [2.05, 4.69) is 10.6 Å². The van der Waals surface area contributed by atoms with E-state index < -0.39 is 29.5 Å². The molecule has 3 heterocycles. The number of nitrogens with zero attached hydrogens (tertiary/aromatic N) is 1. The lowest BCUT2D eigenvalue weighted by atomic mass is 9.70. The van der Waals surface area contributed by atoms with Crippen LogP contribution in [0, 0.1) is 31.6 Å². The van der Waals surface area contributed by atoms with E-state index in [0.717, 1.165) is 17.5 Å². The molecule has 4 rings (SSSR count). The number of amides is 3. The van der Waals surface area contributed by atoms with Crippen LogP contribution in [-0.2, 0) is 19.1 Å². The summed E-state index contributed by atoms with van der Waals surface area (Å²) in [4.78, 5) is 42.1. The normalized spacial score (nSPS) is 31.9. The molecular formula is C25H35N3O5. The number of fused-ring (bicyclic) bond motifs is 1. The molecular weight excluding hydrogens is 422 g/mol. The summed E-state index contributed by atoms with van der Waals surface area (Å²) in [5.74, 6) is -2.23. The Morgan fingerprint density at radius 2 is 1.94 bits per heavy atom.